The van der Waals surface area contributed by atoms with Crippen molar-refractivity contribution in [2.75, 3.05) is 0 Å². The number of benzene rings is 2. The van der Waals surface area contributed by atoms with Crippen molar-refractivity contribution in [3.63, 3.8) is 0 Å². The molecule has 1 unspecified atom stereocenters. The molecule has 0 saturated heterocycles. The van der Waals surface area contributed by atoms with Crippen LogP contribution < -0.4 is 4.52 Å². The second-order valence-electron chi connectivity index (χ2n) is 4.77. The van der Waals surface area contributed by atoms with Crippen LogP contribution in [0.25, 0.3) is 0 Å². The monoisotopic (exact) mass is 304 g/mol. The summed E-state index contributed by atoms with van der Waals surface area (Å²) in [6, 6.07) is 12.4. The summed E-state index contributed by atoms with van der Waals surface area (Å²) >= 11 is 0. The van der Waals surface area contributed by atoms with Crippen molar-refractivity contribution in [3.05, 3.63) is 64.7 Å². The fraction of sp³-hybridized carbons (Fsp3) is 0.188. The van der Waals surface area contributed by atoms with E-state index in [-0.39, 0.29) is 0 Å². The maximum Gasteiger partial charge on any atom is 0.462 e. The molecule has 0 heterocycles. The van der Waals surface area contributed by atoms with Gasteiger partial charge in [0.2, 0.25) is 0 Å². The Bertz CT molecular complexity index is 640. The number of rotatable bonds is 4. The molecule has 0 bridgehead atoms. The van der Waals surface area contributed by atoms with Crippen LogP contribution in [-0.2, 0) is 4.52 Å². The Morgan fingerprint density at radius 3 is 2.29 bits per heavy atom. The number of carbonyl (C=O) groups excluding carboxylic acids is 1. The molecule has 0 spiro atoms. The van der Waals surface area contributed by atoms with Gasteiger partial charge in [0.05, 0.1) is 5.56 Å². The van der Waals surface area contributed by atoms with Crippen LogP contribution in [-0.4, -0.2) is 10.9 Å². The first-order valence-electron chi connectivity index (χ1n) is 6.49. The van der Waals surface area contributed by atoms with Crippen LogP contribution in [0.3, 0.4) is 0 Å². The van der Waals surface area contributed by atoms with Gasteiger partial charge < -0.3 is 13.9 Å². The molecule has 0 aromatic heterocycles. The molecule has 21 heavy (non-hydrogen) atoms. The van der Waals surface area contributed by atoms with Crippen LogP contribution >= 0.6 is 8.60 Å². The molecular formula is C16H17O4P. The van der Waals surface area contributed by atoms with Crippen molar-refractivity contribution in [3.8, 4) is 5.75 Å². The molecule has 0 aliphatic rings. The number of para-hydroxylation sites is 1. The summed E-state index contributed by atoms with van der Waals surface area (Å²) in [5.41, 5.74) is 3.36. The lowest BCUT2D eigenvalue weighted by atomic mass is 10.0. The highest BCUT2D eigenvalue weighted by atomic mass is 31.2. The quantitative estimate of drug-likeness (QED) is 0.865. The zero-order chi connectivity index (χ0) is 15.4. The van der Waals surface area contributed by atoms with Gasteiger partial charge in [-0.3, -0.25) is 0 Å². The largest absolute Gasteiger partial charge is 0.462 e. The van der Waals surface area contributed by atoms with Crippen LogP contribution in [0.4, 0.5) is 0 Å². The van der Waals surface area contributed by atoms with Gasteiger partial charge in [0.15, 0.2) is 0 Å². The maximum absolute atomic E-state index is 12.1. The van der Waals surface area contributed by atoms with Crippen LogP contribution in [0.1, 0.15) is 27.0 Å². The first-order valence-corrected chi connectivity index (χ1v) is 7.62. The Morgan fingerprint density at radius 1 is 1.00 bits per heavy atom. The molecular weight excluding hydrogens is 287 g/mol. The van der Waals surface area contributed by atoms with Crippen LogP contribution in [0, 0.1) is 20.8 Å². The van der Waals surface area contributed by atoms with E-state index in [0.717, 1.165) is 16.7 Å². The van der Waals surface area contributed by atoms with Gasteiger partial charge >= 0.3 is 14.6 Å². The summed E-state index contributed by atoms with van der Waals surface area (Å²) in [7, 11) is -2.30. The normalized spacial score (nSPS) is 11.8. The second kappa shape index (κ2) is 6.70. The van der Waals surface area contributed by atoms with E-state index in [2.05, 4.69) is 0 Å². The van der Waals surface area contributed by atoms with Crippen molar-refractivity contribution in [1.82, 2.24) is 0 Å². The Morgan fingerprint density at radius 2 is 1.62 bits per heavy atom. The highest BCUT2D eigenvalue weighted by molar-refractivity contribution is 7.41. The molecule has 0 aliphatic carbocycles. The van der Waals surface area contributed by atoms with E-state index >= 15 is 0 Å². The van der Waals surface area contributed by atoms with Crippen molar-refractivity contribution >= 4 is 14.6 Å². The van der Waals surface area contributed by atoms with E-state index in [1.165, 1.54) is 0 Å². The van der Waals surface area contributed by atoms with E-state index in [9.17, 15) is 9.69 Å². The Kier molecular flexibility index (Phi) is 4.94. The lowest BCUT2D eigenvalue weighted by Crippen LogP contribution is -2.07. The number of hydrogen-bond acceptors (Lipinski definition) is 4. The van der Waals surface area contributed by atoms with Crippen molar-refractivity contribution in [1.29, 1.82) is 0 Å². The number of aryl methyl sites for hydroxylation is 3. The van der Waals surface area contributed by atoms with Crippen molar-refractivity contribution < 1.29 is 18.7 Å². The summed E-state index contributed by atoms with van der Waals surface area (Å²) in [5.74, 6) is -0.129. The summed E-state index contributed by atoms with van der Waals surface area (Å²) in [5, 5.41) is 0. The predicted octanol–water partition coefficient (Wildman–Crippen LogP) is 4.07. The van der Waals surface area contributed by atoms with Gasteiger partial charge in [-0.1, -0.05) is 24.3 Å². The number of hydrogen-bond donors (Lipinski definition) is 1. The zero-order valence-electron chi connectivity index (χ0n) is 12.2. The average molecular weight is 304 g/mol. The van der Waals surface area contributed by atoms with Gasteiger partial charge in [0.1, 0.15) is 5.75 Å². The number of carbonyl (C=O) groups is 1. The highest BCUT2D eigenvalue weighted by Gasteiger charge is 2.19. The third-order valence-electron chi connectivity index (χ3n) is 3.15. The molecule has 0 saturated carbocycles. The molecule has 1 N–H and O–H groups in total. The summed E-state index contributed by atoms with van der Waals surface area (Å²) < 4.78 is 10.2. The minimum Gasteiger partial charge on any atom is -0.418 e. The molecule has 1 atom stereocenters. The molecule has 5 heteroatoms. The molecule has 2 aromatic rings. The second-order valence-corrected chi connectivity index (χ2v) is 5.61. The minimum atomic E-state index is -2.30. The van der Waals surface area contributed by atoms with Crippen LogP contribution in [0.2, 0.25) is 0 Å². The van der Waals surface area contributed by atoms with Gasteiger partial charge in [-0.15, -0.1) is 0 Å². The van der Waals surface area contributed by atoms with Crippen molar-refractivity contribution in [2.45, 2.75) is 20.8 Å². The van der Waals surface area contributed by atoms with E-state index in [0.29, 0.717) is 11.3 Å². The minimum absolute atomic E-state index is 0.441. The Balaban J connectivity index is 2.06. The maximum atomic E-state index is 12.1. The van der Waals surface area contributed by atoms with Gasteiger partial charge in [-0.05, 0) is 55.7 Å². The average Bonchev–Trinajstić information content (AvgIpc) is 2.43. The van der Waals surface area contributed by atoms with E-state index < -0.39 is 14.6 Å². The molecule has 0 radical (unpaired) electrons. The highest BCUT2D eigenvalue weighted by Crippen LogP contribution is 2.36. The molecule has 2 aromatic carbocycles. The SMILES string of the molecule is Cc1cc(C)c(C(=O)OP(O)Oc2ccccc2)cc1C. The third kappa shape index (κ3) is 4.03. The van der Waals surface area contributed by atoms with E-state index in [1.807, 2.05) is 32.9 Å². The van der Waals surface area contributed by atoms with E-state index in [4.69, 9.17) is 9.05 Å². The standard InChI is InChI=1S/C16H17O4P/c1-11-9-13(3)15(10-12(11)2)16(17)20-21(18)19-14-7-5-4-6-8-14/h4-10,18H,1-3H3. The van der Waals surface area contributed by atoms with Gasteiger partial charge in [-0.2, -0.15) is 0 Å². The Hall–Kier alpha value is -1.90. The fourth-order valence-electron chi connectivity index (χ4n) is 1.89. The molecule has 4 nitrogen and oxygen atoms in total. The van der Waals surface area contributed by atoms with Crippen LogP contribution in [0.15, 0.2) is 42.5 Å². The van der Waals surface area contributed by atoms with Crippen LogP contribution in [0.5, 0.6) is 5.75 Å². The lowest BCUT2D eigenvalue weighted by Gasteiger charge is -2.13. The van der Waals surface area contributed by atoms with Gasteiger partial charge in [-0.25, -0.2) is 4.79 Å². The predicted molar refractivity (Wildman–Crippen MR) is 82.3 cm³/mol. The van der Waals surface area contributed by atoms with Gasteiger partial charge in [0.25, 0.3) is 0 Å². The first-order chi connectivity index (χ1) is 9.97. The molecule has 110 valence electrons. The smallest absolute Gasteiger partial charge is 0.418 e. The van der Waals surface area contributed by atoms with Crippen molar-refractivity contribution in [2.24, 2.45) is 0 Å². The summed E-state index contributed by atoms with van der Waals surface area (Å²) in [6.45, 7) is 5.74. The zero-order valence-corrected chi connectivity index (χ0v) is 13.1. The first kappa shape index (κ1) is 15.5. The fourth-order valence-corrected chi connectivity index (χ4v) is 2.47. The molecule has 0 amide bonds. The Labute approximate surface area is 125 Å². The summed E-state index contributed by atoms with van der Waals surface area (Å²) in [4.78, 5) is 21.8. The third-order valence-corrected chi connectivity index (χ3v) is 3.84. The molecule has 2 rings (SSSR count). The van der Waals surface area contributed by atoms with E-state index in [1.54, 1.807) is 30.3 Å². The lowest BCUT2D eigenvalue weighted by molar-refractivity contribution is 0.0717. The summed E-state index contributed by atoms with van der Waals surface area (Å²) in [6.07, 6.45) is 0. The molecule has 0 fully saturated rings. The van der Waals surface area contributed by atoms with Gasteiger partial charge in [0, 0.05) is 0 Å². The molecule has 0 aliphatic heterocycles. The topological polar surface area (TPSA) is 55.8 Å².